The lowest BCUT2D eigenvalue weighted by atomic mass is 10.1. The summed E-state index contributed by atoms with van der Waals surface area (Å²) in [5.41, 5.74) is 1.76. The molecule has 0 aliphatic carbocycles. The molecule has 0 saturated heterocycles. The van der Waals surface area contributed by atoms with Gasteiger partial charge in [0, 0.05) is 29.4 Å². The third-order valence-corrected chi connectivity index (χ3v) is 3.96. The van der Waals surface area contributed by atoms with Gasteiger partial charge in [0.1, 0.15) is 5.52 Å². The SMILES string of the molecule is Cn1cccc1C(=O)c1cnn2c1n[n+]([O-])c1ccc(Cl)cc12. The first-order chi connectivity index (χ1) is 11.1. The molecule has 0 saturated carbocycles. The van der Waals surface area contributed by atoms with Crippen LogP contribution in [0.2, 0.25) is 5.02 Å². The van der Waals surface area contributed by atoms with Crippen molar-refractivity contribution in [3.63, 3.8) is 0 Å². The monoisotopic (exact) mass is 327 g/mol. The van der Waals surface area contributed by atoms with Gasteiger partial charge in [-0.25, -0.2) is 4.52 Å². The number of aryl methyl sites for hydroxylation is 1. The van der Waals surface area contributed by atoms with E-state index in [4.69, 9.17) is 11.6 Å². The van der Waals surface area contributed by atoms with E-state index in [1.165, 1.54) is 10.7 Å². The van der Waals surface area contributed by atoms with Crippen molar-refractivity contribution in [1.29, 1.82) is 0 Å². The Kier molecular flexibility index (Phi) is 2.85. The molecule has 0 amide bonds. The summed E-state index contributed by atoms with van der Waals surface area (Å²) in [7, 11) is 1.77. The van der Waals surface area contributed by atoms with E-state index in [1.54, 1.807) is 48.1 Å². The second-order valence-corrected chi connectivity index (χ2v) is 5.57. The molecule has 4 rings (SSSR count). The molecular formula is C15H10ClN5O2. The molecule has 0 atom stereocenters. The van der Waals surface area contributed by atoms with E-state index in [2.05, 4.69) is 10.2 Å². The summed E-state index contributed by atoms with van der Waals surface area (Å²) in [6, 6.07) is 8.26. The Morgan fingerprint density at radius 3 is 2.91 bits per heavy atom. The first-order valence-electron chi connectivity index (χ1n) is 6.79. The number of hydrogen-bond donors (Lipinski definition) is 0. The minimum absolute atomic E-state index is 0.195. The van der Waals surface area contributed by atoms with Crippen LogP contribution >= 0.6 is 11.6 Å². The van der Waals surface area contributed by atoms with Crippen LogP contribution in [0.1, 0.15) is 16.1 Å². The number of fused-ring (bicyclic) bond motifs is 3. The Balaban J connectivity index is 2.02. The average Bonchev–Trinajstić information content (AvgIpc) is 3.13. The van der Waals surface area contributed by atoms with Gasteiger partial charge in [-0.15, -0.1) is 0 Å². The normalized spacial score (nSPS) is 11.4. The summed E-state index contributed by atoms with van der Waals surface area (Å²) in [6.45, 7) is 0. The number of benzene rings is 1. The van der Waals surface area contributed by atoms with Crippen molar-refractivity contribution in [3.8, 4) is 0 Å². The van der Waals surface area contributed by atoms with Crippen molar-refractivity contribution < 1.29 is 9.64 Å². The summed E-state index contributed by atoms with van der Waals surface area (Å²) in [5, 5.41) is 20.7. The van der Waals surface area contributed by atoms with E-state index in [1.807, 2.05) is 0 Å². The molecule has 0 aliphatic rings. The number of nitrogens with zero attached hydrogens (tertiary/aromatic N) is 5. The van der Waals surface area contributed by atoms with Gasteiger partial charge < -0.3 is 9.77 Å². The number of carbonyl (C=O) groups is 1. The van der Waals surface area contributed by atoms with Crippen molar-refractivity contribution in [3.05, 3.63) is 64.2 Å². The van der Waals surface area contributed by atoms with Crippen LogP contribution in [0.3, 0.4) is 0 Å². The fourth-order valence-corrected chi connectivity index (χ4v) is 2.74. The zero-order valence-corrected chi connectivity index (χ0v) is 12.7. The Labute approximate surface area is 134 Å². The third-order valence-electron chi connectivity index (χ3n) is 3.72. The first-order valence-corrected chi connectivity index (χ1v) is 7.17. The lowest BCUT2D eigenvalue weighted by Crippen LogP contribution is -2.33. The van der Waals surface area contributed by atoms with Crippen molar-refractivity contribution >= 4 is 34.1 Å². The zero-order valence-electron chi connectivity index (χ0n) is 12.0. The molecule has 0 bridgehead atoms. The minimum atomic E-state index is -0.249. The maximum atomic E-state index is 12.7. The summed E-state index contributed by atoms with van der Waals surface area (Å²) in [4.78, 5) is 13.1. The lowest BCUT2D eigenvalue weighted by Gasteiger charge is -2.03. The Hall–Kier alpha value is -2.93. The second-order valence-electron chi connectivity index (χ2n) is 5.13. The Morgan fingerprint density at radius 1 is 1.35 bits per heavy atom. The molecule has 114 valence electrons. The quantitative estimate of drug-likeness (QED) is 0.319. The first kappa shape index (κ1) is 13.7. The van der Waals surface area contributed by atoms with Crippen molar-refractivity contribution in [2.75, 3.05) is 0 Å². The zero-order chi connectivity index (χ0) is 16.1. The van der Waals surface area contributed by atoms with Crippen LogP contribution in [0.25, 0.3) is 16.7 Å². The summed E-state index contributed by atoms with van der Waals surface area (Å²) < 4.78 is 3.15. The fraction of sp³-hybridized carbons (Fsp3) is 0.0667. The number of ketones is 1. The van der Waals surface area contributed by atoms with Gasteiger partial charge in [0.15, 0.2) is 0 Å². The molecule has 3 aromatic heterocycles. The van der Waals surface area contributed by atoms with E-state index < -0.39 is 0 Å². The highest BCUT2D eigenvalue weighted by molar-refractivity contribution is 6.31. The molecule has 3 heterocycles. The molecule has 0 unspecified atom stereocenters. The van der Waals surface area contributed by atoms with Crippen LogP contribution in [0.5, 0.6) is 0 Å². The highest BCUT2D eigenvalue weighted by Gasteiger charge is 2.22. The van der Waals surface area contributed by atoms with Gasteiger partial charge >= 0.3 is 0 Å². The largest absolute Gasteiger partial charge is 0.594 e. The van der Waals surface area contributed by atoms with Gasteiger partial charge in [-0.3, -0.25) is 4.79 Å². The average molecular weight is 328 g/mol. The van der Waals surface area contributed by atoms with Crippen LogP contribution in [0.15, 0.2) is 42.7 Å². The van der Waals surface area contributed by atoms with Crippen molar-refractivity contribution in [2.45, 2.75) is 0 Å². The second kappa shape index (κ2) is 4.79. The molecule has 0 fully saturated rings. The number of halogens is 1. The summed E-state index contributed by atoms with van der Waals surface area (Å²) >= 11 is 6.00. The Morgan fingerprint density at radius 2 is 2.17 bits per heavy atom. The highest BCUT2D eigenvalue weighted by atomic mass is 35.5. The lowest BCUT2D eigenvalue weighted by molar-refractivity contribution is -0.640. The molecule has 4 aromatic rings. The number of carbonyl (C=O) groups excluding carboxylic acids is 1. The molecular weight excluding hydrogens is 318 g/mol. The third kappa shape index (κ3) is 1.97. The smallest absolute Gasteiger partial charge is 0.270 e. The Bertz CT molecular complexity index is 1080. The number of rotatable bonds is 2. The standard InChI is InChI=1S/C15H10ClN5O2/c1-19-6-2-3-12(19)14(22)10-8-17-20-13-7-9(16)4-5-11(13)21(23)18-15(10)20/h2-8H,1H3. The molecule has 8 heteroatoms. The van der Waals surface area contributed by atoms with Crippen LogP contribution in [0.4, 0.5) is 0 Å². The molecule has 7 nitrogen and oxygen atoms in total. The summed E-state index contributed by atoms with van der Waals surface area (Å²) in [5.74, 6) is -0.249. The number of hydrogen-bond acceptors (Lipinski definition) is 4. The van der Waals surface area contributed by atoms with Gasteiger partial charge in [-0.05, 0) is 29.1 Å². The number of aromatic nitrogens is 5. The molecule has 0 aliphatic heterocycles. The summed E-state index contributed by atoms with van der Waals surface area (Å²) in [6.07, 6.45) is 3.19. The van der Waals surface area contributed by atoms with Crippen LogP contribution in [-0.2, 0) is 7.05 Å². The fourth-order valence-electron chi connectivity index (χ4n) is 2.58. The molecule has 1 aromatic carbocycles. The van der Waals surface area contributed by atoms with Crippen LogP contribution < -0.4 is 4.85 Å². The maximum Gasteiger partial charge on any atom is 0.270 e. The van der Waals surface area contributed by atoms with Crippen LogP contribution in [0, 0.1) is 5.21 Å². The predicted molar refractivity (Wildman–Crippen MR) is 83.3 cm³/mol. The highest BCUT2D eigenvalue weighted by Crippen LogP contribution is 2.20. The van der Waals surface area contributed by atoms with Gasteiger partial charge in [0.05, 0.1) is 17.5 Å². The van der Waals surface area contributed by atoms with Crippen LogP contribution in [-0.4, -0.2) is 25.1 Å². The molecule has 0 N–H and O–H groups in total. The van der Waals surface area contributed by atoms with Crippen molar-refractivity contribution in [2.24, 2.45) is 7.05 Å². The van der Waals surface area contributed by atoms with E-state index in [9.17, 15) is 10.0 Å². The van der Waals surface area contributed by atoms with Crippen molar-refractivity contribution in [1.82, 2.24) is 19.3 Å². The topological polar surface area (TPSA) is 79.1 Å². The maximum absolute atomic E-state index is 12.7. The predicted octanol–water partition coefficient (Wildman–Crippen LogP) is 1.74. The van der Waals surface area contributed by atoms with Gasteiger partial charge in [-0.1, -0.05) is 11.6 Å². The van der Waals surface area contributed by atoms with E-state index in [0.717, 1.165) is 0 Å². The van der Waals surface area contributed by atoms with Gasteiger partial charge in [-0.2, -0.15) is 5.10 Å². The molecule has 23 heavy (non-hydrogen) atoms. The van der Waals surface area contributed by atoms with Gasteiger partial charge in [0.25, 0.3) is 5.52 Å². The minimum Gasteiger partial charge on any atom is -0.594 e. The van der Waals surface area contributed by atoms with Gasteiger partial charge in [0.2, 0.25) is 11.4 Å². The molecule has 0 spiro atoms. The van der Waals surface area contributed by atoms with E-state index in [0.29, 0.717) is 26.6 Å². The van der Waals surface area contributed by atoms with E-state index in [-0.39, 0.29) is 17.0 Å². The molecule has 0 radical (unpaired) electrons. The van der Waals surface area contributed by atoms with E-state index >= 15 is 0 Å².